The Morgan fingerprint density at radius 3 is 2.88 bits per heavy atom. The molecule has 1 atom stereocenters. The second-order valence-electron chi connectivity index (χ2n) is 5.96. The molecule has 0 amide bonds. The molecule has 0 spiro atoms. The monoisotopic (exact) mass is 360 g/mol. The number of hydrogen-bond acceptors (Lipinski definition) is 7. The smallest absolute Gasteiger partial charge is 0.329 e. The number of imidazole rings is 1. The van der Waals surface area contributed by atoms with Crippen molar-refractivity contribution in [1.82, 2.24) is 19.1 Å². The standard InChI is InChI=1S/C16H20N6O4/c1-9-4-3-5-11(6-9)26-8-10(23)7-22-12-13(18-15(22)20-17)21(2)16(25)19-14(12)24/h3-6,10,23H,7-8,17H2,1-2H3,(H,18,20)(H,19,24,25)/t10-/m0/s1. The van der Waals surface area contributed by atoms with Gasteiger partial charge in [-0.2, -0.15) is 4.98 Å². The molecular formula is C16H20N6O4. The second kappa shape index (κ2) is 7.02. The van der Waals surface area contributed by atoms with Crippen molar-refractivity contribution in [1.29, 1.82) is 0 Å². The van der Waals surface area contributed by atoms with Gasteiger partial charge in [-0.3, -0.25) is 19.8 Å². The first-order chi connectivity index (χ1) is 12.4. The number of aliphatic hydroxyl groups is 1. The Kier molecular flexibility index (Phi) is 4.78. The lowest BCUT2D eigenvalue weighted by molar-refractivity contribution is 0.0938. The molecule has 0 saturated carbocycles. The first-order valence-corrected chi connectivity index (χ1v) is 7.94. The van der Waals surface area contributed by atoms with E-state index in [2.05, 4.69) is 15.4 Å². The highest BCUT2D eigenvalue weighted by Gasteiger charge is 2.19. The van der Waals surface area contributed by atoms with Gasteiger partial charge in [0.1, 0.15) is 18.5 Å². The van der Waals surface area contributed by atoms with Crippen molar-refractivity contribution < 1.29 is 9.84 Å². The summed E-state index contributed by atoms with van der Waals surface area (Å²) in [5.74, 6) is 6.25. The van der Waals surface area contributed by atoms with Crippen LogP contribution >= 0.6 is 0 Å². The van der Waals surface area contributed by atoms with Crippen molar-refractivity contribution in [3.05, 3.63) is 50.7 Å². The normalized spacial score (nSPS) is 12.3. The van der Waals surface area contributed by atoms with Crippen LogP contribution in [-0.2, 0) is 13.6 Å². The van der Waals surface area contributed by atoms with Gasteiger partial charge in [-0.05, 0) is 24.6 Å². The van der Waals surface area contributed by atoms with E-state index < -0.39 is 17.4 Å². The third-order valence-electron chi connectivity index (χ3n) is 3.96. The maximum absolute atomic E-state index is 12.2. The Hall–Kier alpha value is -3.11. The van der Waals surface area contributed by atoms with Gasteiger partial charge in [-0.25, -0.2) is 10.6 Å². The number of aromatic amines is 1. The summed E-state index contributed by atoms with van der Waals surface area (Å²) < 4.78 is 8.19. The number of anilines is 1. The van der Waals surface area contributed by atoms with E-state index in [4.69, 9.17) is 10.6 Å². The second-order valence-corrected chi connectivity index (χ2v) is 5.96. The summed E-state index contributed by atoms with van der Waals surface area (Å²) in [5.41, 5.74) is 2.53. The number of fused-ring (bicyclic) bond motifs is 1. The van der Waals surface area contributed by atoms with Crippen LogP contribution in [0, 0.1) is 6.92 Å². The molecular weight excluding hydrogens is 340 g/mol. The van der Waals surface area contributed by atoms with Gasteiger partial charge in [0, 0.05) is 7.05 Å². The van der Waals surface area contributed by atoms with Crippen molar-refractivity contribution >= 4 is 17.1 Å². The molecule has 138 valence electrons. The summed E-state index contributed by atoms with van der Waals surface area (Å²) >= 11 is 0. The van der Waals surface area contributed by atoms with Crippen molar-refractivity contribution in [2.75, 3.05) is 12.0 Å². The first kappa shape index (κ1) is 17.7. The van der Waals surface area contributed by atoms with E-state index in [0.29, 0.717) is 5.75 Å². The number of ether oxygens (including phenoxy) is 1. The van der Waals surface area contributed by atoms with Crippen LogP contribution in [0.3, 0.4) is 0 Å². The molecule has 0 saturated heterocycles. The molecule has 5 N–H and O–H groups in total. The number of rotatable bonds is 6. The molecule has 0 aliphatic heterocycles. The fourth-order valence-electron chi connectivity index (χ4n) is 2.68. The van der Waals surface area contributed by atoms with Gasteiger partial charge in [-0.15, -0.1) is 0 Å². The number of hydrazine groups is 1. The number of aryl methyl sites for hydroxylation is 2. The van der Waals surface area contributed by atoms with E-state index in [1.165, 1.54) is 16.2 Å². The van der Waals surface area contributed by atoms with Crippen LogP contribution in [0.5, 0.6) is 5.75 Å². The minimum absolute atomic E-state index is 0.00311. The topological polar surface area (TPSA) is 140 Å². The van der Waals surface area contributed by atoms with Crippen LogP contribution in [0.2, 0.25) is 0 Å². The van der Waals surface area contributed by atoms with Gasteiger partial charge in [0.25, 0.3) is 5.56 Å². The third-order valence-corrected chi connectivity index (χ3v) is 3.96. The zero-order valence-corrected chi connectivity index (χ0v) is 14.4. The summed E-state index contributed by atoms with van der Waals surface area (Å²) in [4.78, 5) is 30.3. The number of H-pyrrole nitrogens is 1. The quantitative estimate of drug-likeness (QED) is 0.342. The van der Waals surface area contributed by atoms with Crippen molar-refractivity contribution in [2.45, 2.75) is 19.6 Å². The Bertz CT molecular complexity index is 1050. The molecule has 1 aromatic carbocycles. The van der Waals surface area contributed by atoms with Gasteiger partial charge in [0.05, 0.1) is 6.54 Å². The molecule has 10 heteroatoms. The first-order valence-electron chi connectivity index (χ1n) is 7.94. The molecule has 3 rings (SSSR count). The maximum atomic E-state index is 12.2. The number of aliphatic hydroxyl groups excluding tert-OH is 1. The Balaban J connectivity index is 1.87. The van der Waals surface area contributed by atoms with Crippen molar-refractivity contribution in [3.8, 4) is 5.75 Å². The third kappa shape index (κ3) is 3.32. The number of nitrogen functional groups attached to an aromatic ring is 1. The van der Waals surface area contributed by atoms with Crippen molar-refractivity contribution in [3.63, 3.8) is 0 Å². The van der Waals surface area contributed by atoms with Crippen LogP contribution in [-0.4, -0.2) is 36.9 Å². The number of hydrogen-bond donors (Lipinski definition) is 4. The summed E-state index contributed by atoms with van der Waals surface area (Å²) in [6.45, 7) is 1.95. The number of benzene rings is 1. The Morgan fingerprint density at radius 2 is 2.19 bits per heavy atom. The maximum Gasteiger partial charge on any atom is 0.329 e. The largest absolute Gasteiger partial charge is 0.491 e. The van der Waals surface area contributed by atoms with E-state index in [1.807, 2.05) is 25.1 Å². The van der Waals surface area contributed by atoms with E-state index in [0.717, 1.165) is 5.56 Å². The summed E-state index contributed by atoms with van der Waals surface area (Å²) in [7, 11) is 1.48. The highest BCUT2D eigenvalue weighted by molar-refractivity contribution is 5.74. The number of nitrogens with one attached hydrogen (secondary N) is 2. The van der Waals surface area contributed by atoms with Crippen LogP contribution < -0.4 is 27.3 Å². The van der Waals surface area contributed by atoms with E-state index in [9.17, 15) is 14.7 Å². The minimum atomic E-state index is -0.934. The van der Waals surface area contributed by atoms with Gasteiger partial charge < -0.3 is 14.4 Å². The van der Waals surface area contributed by atoms with Crippen LogP contribution in [0.4, 0.5) is 5.95 Å². The molecule has 2 aromatic heterocycles. The zero-order valence-electron chi connectivity index (χ0n) is 14.4. The number of nitrogens with two attached hydrogens (primary N) is 1. The summed E-state index contributed by atoms with van der Waals surface area (Å²) in [5, 5.41) is 10.3. The highest BCUT2D eigenvalue weighted by atomic mass is 16.5. The van der Waals surface area contributed by atoms with E-state index in [-0.39, 0.29) is 30.3 Å². The SMILES string of the molecule is Cc1cccc(OC[C@@H](O)Cn2c(NN)nc3c2c(=O)[nH]c(=O)n3C)c1. The lowest BCUT2D eigenvalue weighted by Gasteiger charge is -2.15. The summed E-state index contributed by atoms with van der Waals surface area (Å²) in [6.07, 6.45) is -0.934. The van der Waals surface area contributed by atoms with Gasteiger partial charge in [-0.1, -0.05) is 12.1 Å². The Morgan fingerprint density at radius 1 is 1.42 bits per heavy atom. The zero-order chi connectivity index (χ0) is 18.8. The average molecular weight is 360 g/mol. The predicted molar refractivity (Wildman–Crippen MR) is 96.1 cm³/mol. The number of aromatic nitrogens is 4. The van der Waals surface area contributed by atoms with Crippen LogP contribution in [0.1, 0.15) is 5.56 Å². The lowest BCUT2D eigenvalue weighted by Crippen LogP contribution is -2.31. The van der Waals surface area contributed by atoms with Crippen LogP contribution in [0.15, 0.2) is 33.9 Å². The fraction of sp³-hybridized carbons (Fsp3) is 0.312. The molecule has 2 heterocycles. The van der Waals surface area contributed by atoms with Gasteiger partial charge in [0.2, 0.25) is 5.95 Å². The van der Waals surface area contributed by atoms with Crippen LogP contribution in [0.25, 0.3) is 11.2 Å². The lowest BCUT2D eigenvalue weighted by atomic mass is 10.2. The summed E-state index contributed by atoms with van der Waals surface area (Å²) in [6, 6.07) is 7.44. The van der Waals surface area contributed by atoms with Gasteiger partial charge >= 0.3 is 5.69 Å². The van der Waals surface area contributed by atoms with Gasteiger partial charge in [0.15, 0.2) is 11.2 Å². The molecule has 26 heavy (non-hydrogen) atoms. The molecule has 0 unspecified atom stereocenters. The molecule has 0 aliphatic carbocycles. The predicted octanol–water partition coefficient (Wildman–Crippen LogP) is -0.543. The minimum Gasteiger partial charge on any atom is -0.491 e. The molecule has 0 radical (unpaired) electrons. The fourth-order valence-corrected chi connectivity index (χ4v) is 2.68. The Labute approximate surface area is 147 Å². The average Bonchev–Trinajstić information content (AvgIpc) is 2.97. The molecule has 3 aromatic rings. The molecule has 0 aliphatic rings. The molecule has 0 bridgehead atoms. The number of nitrogens with zero attached hydrogens (tertiary/aromatic N) is 3. The van der Waals surface area contributed by atoms with E-state index >= 15 is 0 Å². The van der Waals surface area contributed by atoms with Crippen molar-refractivity contribution in [2.24, 2.45) is 12.9 Å². The highest BCUT2D eigenvalue weighted by Crippen LogP contribution is 2.16. The molecule has 10 nitrogen and oxygen atoms in total. The molecule has 0 fully saturated rings. The van der Waals surface area contributed by atoms with E-state index in [1.54, 1.807) is 6.07 Å².